The zero-order valence-electron chi connectivity index (χ0n) is 17.5. The van der Waals surface area contributed by atoms with Crippen molar-refractivity contribution in [1.29, 1.82) is 0 Å². The Kier molecular flexibility index (Phi) is 6.12. The van der Waals surface area contributed by atoms with Gasteiger partial charge in [-0.2, -0.15) is 4.98 Å². The minimum atomic E-state index is -0.190. The van der Waals surface area contributed by atoms with Crippen molar-refractivity contribution in [2.75, 3.05) is 13.2 Å². The van der Waals surface area contributed by atoms with Crippen LogP contribution in [0.1, 0.15) is 60.5 Å². The third kappa shape index (κ3) is 4.37. The number of amides is 1. The summed E-state index contributed by atoms with van der Waals surface area (Å²) < 4.78 is 11.2. The maximum Gasteiger partial charge on any atom is 0.254 e. The molecule has 1 atom stereocenters. The summed E-state index contributed by atoms with van der Waals surface area (Å²) in [5, 5.41) is 4.13. The first-order valence-electron chi connectivity index (χ1n) is 10.6. The second-order valence-corrected chi connectivity index (χ2v) is 7.71. The van der Waals surface area contributed by atoms with Crippen LogP contribution in [-0.2, 0) is 0 Å². The SMILES string of the molecule is CCCCOc1ccc(C(=O)N2CCC[C@@H]2c2nc(-c3ccc(C)cc3)no2)cc1. The van der Waals surface area contributed by atoms with E-state index in [4.69, 9.17) is 9.26 Å². The number of unbranched alkanes of at least 4 members (excludes halogenated alkanes) is 1. The van der Waals surface area contributed by atoms with Gasteiger partial charge >= 0.3 is 0 Å². The van der Waals surface area contributed by atoms with Crippen molar-refractivity contribution in [1.82, 2.24) is 15.0 Å². The van der Waals surface area contributed by atoms with E-state index < -0.39 is 0 Å². The Labute approximate surface area is 176 Å². The second kappa shape index (κ2) is 9.11. The third-order valence-electron chi connectivity index (χ3n) is 5.42. The van der Waals surface area contributed by atoms with Crippen molar-refractivity contribution in [3.63, 3.8) is 0 Å². The van der Waals surface area contributed by atoms with Crippen LogP contribution >= 0.6 is 0 Å². The number of aryl methyl sites for hydroxylation is 1. The summed E-state index contributed by atoms with van der Waals surface area (Å²) in [5.41, 5.74) is 2.73. The number of rotatable bonds is 7. The molecule has 1 aliphatic heterocycles. The van der Waals surface area contributed by atoms with Gasteiger partial charge in [-0.25, -0.2) is 0 Å². The normalized spacial score (nSPS) is 16.1. The molecular formula is C24H27N3O3. The first-order chi connectivity index (χ1) is 14.7. The summed E-state index contributed by atoms with van der Waals surface area (Å²) in [6.45, 7) is 5.54. The molecule has 1 saturated heterocycles. The summed E-state index contributed by atoms with van der Waals surface area (Å²) >= 11 is 0. The Balaban J connectivity index is 1.47. The van der Waals surface area contributed by atoms with E-state index in [2.05, 4.69) is 17.1 Å². The maximum atomic E-state index is 13.1. The number of hydrogen-bond donors (Lipinski definition) is 0. The Morgan fingerprint density at radius 1 is 1.17 bits per heavy atom. The molecule has 1 aromatic heterocycles. The van der Waals surface area contributed by atoms with E-state index in [0.717, 1.165) is 37.0 Å². The quantitative estimate of drug-likeness (QED) is 0.505. The smallest absolute Gasteiger partial charge is 0.254 e. The van der Waals surface area contributed by atoms with Crippen molar-refractivity contribution in [2.24, 2.45) is 0 Å². The van der Waals surface area contributed by atoms with Gasteiger partial charge in [0, 0.05) is 17.7 Å². The van der Waals surface area contributed by atoms with Crippen molar-refractivity contribution in [3.8, 4) is 17.1 Å². The van der Waals surface area contributed by atoms with Gasteiger partial charge in [-0.1, -0.05) is 48.3 Å². The summed E-state index contributed by atoms with van der Waals surface area (Å²) in [6.07, 6.45) is 3.84. The molecule has 1 fully saturated rings. The van der Waals surface area contributed by atoms with Crippen LogP contribution < -0.4 is 4.74 Å². The summed E-state index contributed by atoms with van der Waals surface area (Å²) in [6, 6.07) is 15.2. The van der Waals surface area contributed by atoms with Gasteiger partial charge in [0.25, 0.3) is 5.91 Å². The molecule has 0 bridgehead atoms. The molecule has 0 unspecified atom stereocenters. The number of ether oxygens (including phenoxy) is 1. The number of nitrogens with zero attached hydrogens (tertiary/aromatic N) is 3. The van der Waals surface area contributed by atoms with Crippen molar-refractivity contribution in [3.05, 3.63) is 65.5 Å². The van der Waals surface area contributed by atoms with Crippen molar-refractivity contribution < 1.29 is 14.1 Å². The molecule has 156 valence electrons. The molecule has 0 aliphatic carbocycles. The summed E-state index contributed by atoms with van der Waals surface area (Å²) in [4.78, 5) is 19.5. The molecule has 2 aromatic carbocycles. The van der Waals surface area contributed by atoms with Crippen molar-refractivity contribution >= 4 is 5.91 Å². The van der Waals surface area contributed by atoms with Crippen LogP contribution in [0.2, 0.25) is 0 Å². The maximum absolute atomic E-state index is 13.1. The lowest BCUT2D eigenvalue weighted by Gasteiger charge is -2.22. The third-order valence-corrected chi connectivity index (χ3v) is 5.42. The zero-order valence-corrected chi connectivity index (χ0v) is 17.5. The van der Waals surface area contributed by atoms with E-state index >= 15 is 0 Å². The largest absolute Gasteiger partial charge is 0.494 e. The number of likely N-dealkylation sites (tertiary alicyclic amines) is 1. The van der Waals surface area contributed by atoms with Crippen LogP contribution in [0.15, 0.2) is 53.1 Å². The Hall–Kier alpha value is -3.15. The number of carbonyl (C=O) groups excluding carboxylic acids is 1. The van der Waals surface area contributed by atoms with Crippen LogP contribution in [0.25, 0.3) is 11.4 Å². The lowest BCUT2D eigenvalue weighted by molar-refractivity contribution is 0.0710. The molecule has 0 N–H and O–H groups in total. The van der Waals surface area contributed by atoms with Crippen LogP contribution in [-0.4, -0.2) is 34.1 Å². The predicted molar refractivity (Wildman–Crippen MR) is 114 cm³/mol. The highest BCUT2D eigenvalue weighted by molar-refractivity contribution is 5.94. The molecule has 0 spiro atoms. The molecule has 6 nitrogen and oxygen atoms in total. The first kappa shape index (κ1) is 20.1. The van der Waals surface area contributed by atoms with E-state index in [-0.39, 0.29) is 11.9 Å². The molecule has 1 aliphatic rings. The fourth-order valence-corrected chi connectivity index (χ4v) is 3.65. The molecule has 4 rings (SSSR count). The van der Waals surface area contributed by atoms with Gasteiger partial charge in [0.15, 0.2) is 0 Å². The predicted octanol–water partition coefficient (Wildman–Crippen LogP) is 5.20. The van der Waals surface area contributed by atoms with Crippen LogP contribution in [0.4, 0.5) is 0 Å². The molecule has 6 heteroatoms. The first-order valence-corrected chi connectivity index (χ1v) is 10.6. The molecule has 0 saturated carbocycles. The standard InChI is InChI=1S/C24H27N3O3/c1-3-4-16-29-20-13-11-19(12-14-20)24(28)27-15-5-6-21(27)23-25-22(26-30-23)18-9-7-17(2)8-10-18/h7-14,21H,3-6,15-16H2,1-2H3/t21-/m1/s1. The molecule has 2 heterocycles. The van der Waals surface area contributed by atoms with Gasteiger partial charge in [0.2, 0.25) is 11.7 Å². The van der Waals surface area contributed by atoms with Gasteiger partial charge in [-0.3, -0.25) is 4.79 Å². The monoisotopic (exact) mass is 405 g/mol. The Morgan fingerprint density at radius 3 is 2.67 bits per heavy atom. The Morgan fingerprint density at radius 2 is 1.93 bits per heavy atom. The minimum absolute atomic E-state index is 0.0207. The van der Waals surface area contributed by atoms with Gasteiger partial charge in [0.05, 0.1) is 6.61 Å². The van der Waals surface area contributed by atoms with E-state index in [1.165, 1.54) is 5.56 Å². The topological polar surface area (TPSA) is 68.5 Å². The van der Waals surface area contributed by atoms with Gasteiger partial charge in [-0.05, 0) is 50.5 Å². The second-order valence-electron chi connectivity index (χ2n) is 7.71. The number of carbonyl (C=O) groups is 1. The van der Waals surface area contributed by atoms with Gasteiger partial charge in [0.1, 0.15) is 11.8 Å². The highest BCUT2D eigenvalue weighted by Crippen LogP contribution is 2.33. The van der Waals surface area contributed by atoms with E-state index in [9.17, 15) is 4.79 Å². The molecule has 3 aromatic rings. The van der Waals surface area contributed by atoms with Crippen LogP contribution in [0.5, 0.6) is 5.75 Å². The minimum Gasteiger partial charge on any atom is -0.494 e. The Bertz CT molecular complexity index is 980. The molecule has 0 radical (unpaired) electrons. The van der Waals surface area contributed by atoms with Gasteiger partial charge < -0.3 is 14.2 Å². The zero-order chi connectivity index (χ0) is 20.9. The lowest BCUT2D eigenvalue weighted by Crippen LogP contribution is -2.30. The average Bonchev–Trinajstić information content (AvgIpc) is 3.44. The molecular weight excluding hydrogens is 378 g/mol. The highest BCUT2D eigenvalue weighted by Gasteiger charge is 2.34. The highest BCUT2D eigenvalue weighted by atomic mass is 16.5. The van der Waals surface area contributed by atoms with E-state index in [1.54, 1.807) is 0 Å². The van der Waals surface area contributed by atoms with Gasteiger partial charge in [-0.15, -0.1) is 0 Å². The van der Waals surface area contributed by atoms with E-state index in [1.807, 2.05) is 60.4 Å². The summed E-state index contributed by atoms with van der Waals surface area (Å²) in [5.74, 6) is 1.82. The summed E-state index contributed by atoms with van der Waals surface area (Å²) in [7, 11) is 0. The van der Waals surface area contributed by atoms with Crippen LogP contribution in [0, 0.1) is 6.92 Å². The molecule has 30 heavy (non-hydrogen) atoms. The van der Waals surface area contributed by atoms with E-state index in [0.29, 0.717) is 30.4 Å². The molecule has 1 amide bonds. The number of benzene rings is 2. The average molecular weight is 405 g/mol. The van der Waals surface area contributed by atoms with Crippen LogP contribution in [0.3, 0.4) is 0 Å². The fraction of sp³-hybridized carbons (Fsp3) is 0.375. The number of aromatic nitrogens is 2. The lowest BCUT2D eigenvalue weighted by atomic mass is 10.1. The number of hydrogen-bond acceptors (Lipinski definition) is 5. The van der Waals surface area contributed by atoms with Crippen molar-refractivity contribution in [2.45, 2.75) is 45.6 Å². The fourth-order valence-electron chi connectivity index (χ4n) is 3.65.